The van der Waals surface area contributed by atoms with E-state index in [4.69, 9.17) is 17.7 Å². The van der Waals surface area contributed by atoms with Crippen LogP contribution in [0.25, 0.3) is 0 Å². The van der Waals surface area contributed by atoms with Gasteiger partial charge in [0.2, 0.25) is 0 Å². The summed E-state index contributed by atoms with van der Waals surface area (Å²) in [4.78, 5) is 4.73. The first-order chi connectivity index (χ1) is 14.8. The summed E-state index contributed by atoms with van der Waals surface area (Å²) in [6.07, 6.45) is 9.98. The maximum absolute atomic E-state index is 5.82. The molecule has 0 spiro atoms. The lowest BCUT2D eigenvalue weighted by Crippen LogP contribution is -2.43. The summed E-state index contributed by atoms with van der Waals surface area (Å²) < 4.78 is 23.3. The van der Waals surface area contributed by atoms with Gasteiger partial charge in [-0.15, -0.1) is 0 Å². The van der Waals surface area contributed by atoms with Crippen molar-refractivity contribution >= 4 is 28.1 Å². The second-order valence-electron chi connectivity index (χ2n) is 8.61. The van der Waals surface area contributed by atoms with Crippen LogP contribution in [0.2, 0.25) is 10.7 Å². The van der Waals surface area contributed by atoms with Crippen LogP contribution in [0.4, 0.5) is 0 Å². The van der Waals surface area contributed by atoms with Gasteiger partial charge in [0.1, 0.15) is 0 Å². The summed E-state index contributed by atoms with van der Waals surface area (Å²) in [6, 6.07) is 1.05. The molecule has 1 unspecified atom stereocenters. The lowest BCUT2D eigenvalue weighted by atomic mass is 10.1. The molecular formula is C22H50N2O4Si3. The van der Waals surface area contributed by atoms with Crippen LogP contribution < -0.4 is 0 Å². The van der Waals surface area contributed by atoms with E-state index in [1.165, 1.54) is 45.1 Å². The van der Waals surface area contributed by atoms with Crippen molar-refractivity contribution in [1.82, 2.24) is 9.80 Å². The molecule has 0 fully saturated rings. The topological polar surface area (TPSA) is 43.4 Å². The molecule has 31 heavy (non-hydrogen) atoms. The Morgan fingerprint density at radius 3 is 1.94 bits per heavy atom. The Kier molecular flexibility index (Phi) is 20.1. The van der Waals surface area contributed by atoms with E-state index >= 15 is 0 Å². The molecule has 0 aromatic carbocycles. The van der Waals surface area contributed by atoms with E-state index in [2.05, 4.69) is 37.9 Å². The van der Waals surface area contributed by atoms with Crippen LogP contribution in [0, 0.1) is 0 Å². The highest BCUT2D eigenvalue weighted by molar-refractivity contribution is 6.66. The largest absolute Gasteiger partial charge is 0.397 e. The molecule has 0 saturated heterocycles. The van der Waals surface area contributed by atoms with Crippen molar-refractivity contribution in [2.75, 3.05) is 67.8 Å². The minimum Gasteiger partial charge on any atom is -0.397 e. The standard InChI is InChI=1S/C22H50N2O4Si3/c1-9-27-30(28-10-2)20-16-19-24(6)21-29-22(3,31(25-7)26-8)17-14-12-11-13-15-18-23(4)5/h9-21H2,1-8H3. The quantitative estimate of drug-likeness (QED) is 0.169. The Labute approximate surface area is 199 Å². The lowest BCUT2D eigenvalue weighted by Gasteiger charge is -2.34. The SMILES string of the molecule is CCO[Si](CCCN(C)C[Si]C(C)(CCCCCCCN(C)C)[Si](OC)OC)OCC. The third-order valence-electron chi connectivity index (χ3n) is 5.37. The molecule has 0 N–H and O–H groups in total. The molecule has 0 bridgehead atoms. The molecule has 0 heterocycles. The summed E-state index contributed by atoms with van der Waals surface area (Å²) >= 11 is 0. The van der Waals surface area contributed by atoms with Crippen LogP contribution in [0.5, 0.6) is 0 Å². The van der Waals surface area contributed by atoms with Gasteiger partial charge in [-0.3, -0.25) is 0 Å². The number of hydrogen-bond donors (Lipinski definition) is 0. The highest BCUT2D eigenvalue weighted by atomic mass is 28.3. The van der Waals surface area contributed by atoms with Crippen molar-refractivity contribution in [3.05, 3.63) is 0 Å². The van der Waals surface area contributed by atoms with E-state index in [0.717, 1.165) is 47.9 Å². The molecule has 184 valence electrons. The van der Waals surface area contributed by atoms with E-state index in [0.29, 0.717) is 0 Å². The van der Waals surface area contributed by atoms with Gasteiger partial charge < -0.3 is 27.5 Å². The molecular weight excluding hydrogens is 441 g/mol. The Morgan fingerprint density at radius 1 is 0.806 bits per heavy atom. The molecule has 0 saturated carbocycles. The van der Waals surface area contributed by atoms with Crippen molar-refractivity contribution in [2.45, 2.75) is 76.4 Å². The van der Waals surface area contributed by atoms with Gasteiger partial charge in [0.25, 0.3) is 0 Å². The van der Waals surface area contributed by atoms with E-state index in [1.807, 2.05) is 28.1 Å². The van der Waals surface area contributed by atoms with Gasteiger partial charge >= 0.3 is 18.6 Å². The van der Waals surface area contributed by atoms with E-state index < -0.39 is 18.6 Å². The van der Waals surface area contributed by atoms with Crippen molar-refractivity contribution in [2.24, 2.45) is 0 Å². The maximum Gasteiger partial charge on any atom is 0.387 e. The summed E-state index contributed by atoms with van der Waals surface area (Å²) in [7, 11) is 8.64. The Balaban J connectivity index is 4.39. The lowest BCUT2D eigenvalue weighted by molar-refractivity contribution is 0.211. The smallest absolute Gasteiger partial charge is 0.387 e. The van der Waals surface area contributed by atoms with Crippen LogP contribution in [0.3, 0.4) is 0 Å². The van der Waals surface area contributed by atoms with Gasteiger partial charge in [0, 0.05) is 32.1 Å². The zero-order valence-electron chi connectivity index (χ0n) is 21.7. The van der Waals surface area contributed by atoms with Crippen molar-refractivity contribution in [1.29, 1.82) is 0 Å². The van der Waals surface area contributed by atoms with Crippen LogP contribution in [-0.4, -0.2) is 106 Å². The highest BCUT2D eigenvalue weighted by Gasteiger charge is 2.39. The minimum atomic E-state index is -1.27. The number of hydrogen-bond acceptors (Lipinski definition) is 6. The minimum absolute atomic E-state index is 0.164. The summed E-state index contributed by atoms with van der Waals surface area (Å²) in [5.74, 6) is 0. The second-order valence-corrected chi connectivity index (χ2v) is 15.2. The van der Waals surface area contributed by atoms with Crippen LogP contribution >= 0.6 is 0 Å². The van der Waals surface area contributed by atoms with E-state index in [9.17, 15) is 0 Å². The number of rotatable bonds is 22. The van der Waals surface area contributed by atoms with Crippen molar-refractivity contribution < 1.29 is 17.7 Å². The normalized spacial score (nSPS) is 14.3. The third kappa shape index (κ3) is 15.8. The van der Waals surface area contributed by atoms with Gasteiger partial charge in [-0.1, -0.05) is 32.6 Å². The first kappa shape index (κ1) is 31.4. The van der Waals surface area contributed by atoms with Crippen LogP contribution in [0.1, 0.15) is 65.7 Å². The average molecular weight is 491 g/mol. The Bertz CT molecular complexity index is 401. The maximum atomic E-state index is 5.82. The van der Waals surface area contributed by atoms with E-state index in [-0.39, 0.29) is 4.66 Å². The molecule has 4 radical (unpaired) electrons. The average Bonchev–Trinajstić information content (AvgIpc) is 2.72. The molecule has 0 rings (SSSR count). The van der Waals surface area contributed by atoms with Crippen molar-refractivity contribution in [3.8, 4) is 0 Å². The molecule has 0 aliphatic heterocycles. The predicted octanol–water partition coefficient (Wildman–Crippen LogP) is 3.93. The molecule has 0 aromatic heterocycles. The molecule has 6 nitrogen and oxygen atoms in total. The van der Waals surface area contributed by atoms with Gasteiger partial charge in [-0.2, -0.15) is 0 Å². The zero-order valence-corrected chi connectivity index (χ0v) is 24.7. The fourth-order valence-corrected chi connectivity index (χ4v) is 9.09. The number of unbranched alkanes of at least 4 members (excludes halogenated alkanes) is 4. The number of nitrogens with zero attached hydrogens (tertiary/aromatic N) is 2. The molecule has 0 aliphatic carbocycles. The summed E-state index contributed by atoms with van der Waals surface area (Å²) in [6.45, 7) is 10.3. The molecule has 9 heteroatoms. The van der Waals surface area contributed by atoms with Gasteiger partial charge in [-0.25, -0.2) is 0 Å². The zero-order chi connectivity index (χ0) is 23.5. The Hall–Kier alpha value is 0.411. The fourth-order valence-electron chi connectivity index (χ4n) is 3.62. The third-order valence-corrected chi connectivity index (χ3v) is 12.1. The fraction of sp³-hybridized carbons (Fsp3) is 1.00. The first-order valence-electron chi connectivity index (χ1n) is 12.0. The van der Waals surface area contributed by atoms with Crippen LogP contribution in [-0.2, 0) is 17.7 Å². The van der Waals surface area contributed by atoms with E-state index in [1.54, 1.807) is 0 Å². The molecule has 0 amide bonds. The van der Waals surface area contributed by atoms with Gasteiger partial charge in [-0.05, 0) is 79.6 Å². The summed E-state index contributed by atoms with van der Waals surface area (Å²) in [5, 5.41) is 0. The first-order valence-corrected chi connectivity index (χ1v) is 16.0. The highest BCUT2D eigenvalue weighted by Crippen LogP contribution is 2.35. The Morgan fingerprint density at radius 2 is 1.39 bits per heavy atom. The molecule has 0 aliphatic rings. The molecule has 0 aromatic rings. The van der Waals surface area contributed by atoms with Crippen LogP contribution in [0.15, 0.2) is 0 Å². The summed E-state index contributed by atoms with van der Waals surface area (Å²) in [5.41, 5.74) is 0. The monoisotopic (exact) mass is 490 g/mol. The van der Waals surface area contributed by atoms with Gasteiger partial charge in [0.15, 0.2) is 0 Å². The second kappa shape index (κ2) is 19.8. The molecule has 1 atom stereocenters. The predicted molar refractivity (Wildman–Crippen MR) is 136 cm³/mol. The van der Waals surface area contributed by atoms with Gasteiger partial charge in [0.05, 0.1) is 9.52 Å². The van der Waals surface area contributed by atoms with Crippen molar-refractivity contribution in [3.63, 3.8) is 0 Å².